The Hall–Kier alpha value is -1.27. The minimum atomic E-state index is -0.708. The van der Waals surface area contributed by atoms with Gasteiger partial charge in [-0.2, -0.15) is 0 Å². The van der Waals surface area contributed by atoms with Crippen molar-refractivity contribution in [2.75, 3.05) is 0 Å². The molecule has 3 nitrogen and oxygen atoms in total. The molecule has 0 rings (SSSR count). The second-order valence-electron chi connectivity index (χ2n) is 4.08. The number of hydrogen-bond acceptors (Lipinski definition) is 2. The fourth-order valence-corrected chi connectivity index (χ4v) is 1.34. The van der Waals surface area contributed by atoms with Crippen LogP contribution in [0.1, 0.15) is 51.9 Å². The Morgan fingerprint density at radius 1 is 1.24 bits per heavy atom. The first kappa shape index (κ1) is 15.7. The molecule has 0 spiro atoms. The summed E-state index contributed by atoms with van der Waals surface area (Å²) in [6.07, 6.45) is 9.05. The Labute approximate surface area is 104 Å². The van der Waals surface area contributed by atoms with Gasteiger partial charge >= 0.3 is 5.97 Å². The van der Waals surface area contributed by atoms with Crippen molar-refractivity contribution < 1.29 is 15.0 Å². The van der Waals surface area contributed by atoms with Crippen LogP contribution in [0.25, 0.3) is 0 Å². The van der Waals surface area contributed by atoms with Crippen LogP contribution in [0, 0.1) is 11.8 Å². The monoisotopic (exact) mass is 238 g/mol. The quantitative estimate of drug-likeness (QED) is 0.505. The van der Waals surface area contributed by atoms with Gasteiger partial charge in [-0.25, -0.2) is 0 Å². The average molecular weight is 238 g/mol. The van der Waals surface area contributed by atoms with E-state index >= 15 is 0 Å². The van der Waals surface area contributed by atoms with E-state index in [9.17, 15) is 4.79 Å². The molecule has 1 unspecified atom stereocenters. The third kappa shape index (κ3) is 14.7. The first-order chi connectivity index (χ1) is 8.13. The lowest BCUT2D eigenvalue weighted by Crippen LogP contribution is -1.93. The number of aliphatic carboxylic acids is 1. The summed E-state index contributed by atoms with van der Waals surface area (Å²) in [7, 11) is 0. The Morgan fingerprint density at radius 2 is 1.88 bits per heavy atom. The molecule has 0 radical (unpaired) electrons. The molecule has 0 aliphatic carbocycles. The summed E-state index contributed by atoms with van der Waals surface area (Å²) in [5.74, 6) is 5.17. The van der Waals surface area contributed by atoms with Crippen LogP contribution >= 0.6 is 0 Å². The molecule has 96 valence electrons. The van der Waals surface area contributed by atoms with Gasteiger partial charge in [-0.15, -0.1) is 0 Å². The summed E-state index contributed by atoms with van der Waals surface area (Å²) >= 11 is 0. The molecule has 2 N–H and O–H groups in total. The van der Waals surface area contributed by atoms with E-state index in [1.54, 1.807) is 19.1 Å². The van der Waals surface area contributed by atoms with Crippen LogP contribution in [-0.4, -0.2) is 22.3 Å². The van der Waals surface area contributed by atoms with Crippen LogP contribution < -0.4 is 0 Å². The number of carboxylic acid groups (broad SMARTS) is 1. The summed E-state index contributed by atoms with van der Waals surface area (Å²) in [4.78, 5) is 10.2. The van der Waals surface area contributed by atoms with Crippen LogP contribution in [0.15, 0.2) is 12.2 Å². The van der Waals surface area contributed by atoms with Crippen molar-refractivity contribution in [3.8, 4) is 11.8 Å². The van der Waals surface area contributed by atoms with Crippen LogP contribution in [0.5, 0.6) is 0 Å². The zero-order chi connectivity index (χ0) is 12.9. The Balaban J connectivity index is 3.26. The predicted octanol–water partition coefficient (Wildman–Crippen LogP) is 2.74. The normalized spacial score (nSPS) is 12.1. The van der Waals surface area contributed by atoms with Gasteiger partial charge in [0.15, 0.2) is 0 Å². The molecule has 0 aromatic carbocycles. The zero-order valence-corrected chi connectivity index (χ0v) is 10.5. The van der Waals surface area contributed by atoms with E-state index in [0.29, 0.717) is 0 Å². The van der Waals surface area contributed by atoms with Crippen molar-refractivity contribution in [2.24, 2.45) is 0 Å². The molecule has 0 saturated heterocycles. The van der Waals surface area contributed by atoms with Gasteiger partial charge in [0.25, 0.3) is 0 Å². The molecule has 0 heterocycles. The highest BCUT2D eigenvalue weighted by atomic mass is 16.4. The minimum absolute atomic E-state index is 0.282. The number of carbonyl (C=O) groups is 1. The van der Waals surface area contributed by atoms with Crippen LogP contribution in [0.4, 0.5) is 0 Å². The predicted molar refractivity (Wildman–Crippen MR) is 68.6 cm³/mol. The number of rotatable bonds is 8. The molecule has 0 amide bonds. The fourth-order valence-electron chi connectivity index (χ4n) is 1.34. The lowest BCUT2D eigenvalue weighted by atomic mass is 10.1. The summed E-state index contributed by atoms with van der Waals surface area (Å²) in [6.45, 7) is 1.69. The van der Waals surface area contributed by atoms with Crippen molar-refractivity contribution >= 4 is 5.97 Å². The van der Waals surface area contributed by atoms with Crippen molar-refractivity contribution in [3.05, 3.63) is 12.2 Å². The van der Waals surface area contributed by atoms with E-state index < -0.39 is 12.1 Å². The van der Waals surface area contributed by atoms with Crippen LogP contribution in [0.2, 0.25) is 0 Å². The number of aliphatic hydroxyl groups excluding tert-OH is 1. The van der Waals surface area contributed by atoms with Crippen molar-refractivity contribution in [1.82, 2.24) is 0 Å². The van der Waals surface area contributed by atoms with Gasteiger partial charge in [0.2, 0.25) is 0 Å². The number of hydrogen-bond donors (Lipinski definition) is 2. The van der Waals surface area contributed by atoms with Gasteiger partial charge in [0.1, 0.15) is 0 Å². The Morgan fingerprint density at radius 3 is 2.53 bits per heavy atom. The zero-order valence-electron chi connectivity index (χ0n) is 10.5. The molecule has 1 atom stereocenters. The molecular weight excluding hydrogens is 216 g/mol. The van der Waals surface area contributed by atoms with Crippen molar-refractivity contribution in [3.63, 3.8) is 0 Å². The maximum absolute atomic E-state index is 10.2. The molecule has 0 saturated carbocycles. The van der Waals surface area contributed by atoms with Gasteiger partial charge in [-0.3, -0.25) is 4.79 Å². The van der Waals surface area contributed by atoms with Gasteiger partial charge in [0.05, 0.1) is 6.10 Å². The van der Waals surface area contributed by atoms with Gasteiger partial charge in [-0.1, -0.05) is 31.1 Å². The third-order valence-electron chi connectivity index (χ3n) is 2.25. The average Bonchev–Trinajstić information content (AvgIpc) is 2.25. The van der Waals surface area contributed by atoms with E-state index in [1.165, 1.54) is 0 Å². The molecule has 0 aliphatic rings. The van der Waals surface area contributed by atoms with Crippen molar-refractivity contribution in [2.45, 2.75) is 58.0 Å². The minimum Gasteiger partial charge on any atom is -0.481 e. The number of aliphatic hydroxyl groups is 1. The summed E-state index contributed by atoms with van der Waals surface area (Å²) in [5, 5.41) is 17.4. The SMILES string of the molecule is CC(O)/C=C/C#CCCCCCCCC(=O)O. The summed E-state index contributed by atoms with van der Waals surface area (Å²) in [5.41, 5.74) is 0. The Bertz CT molecular complexity index is 282. The van der Waals surface area contributed by atoms with E-state index in [-0.39, 0.29) is 6.42 Å². The molecule has 3 heteroatoms. The van der Waals surface area contributed by atoms with Gasteiger partial charge < -0.3 is 10.2 Å². The highest BCUT2D eigenvalue weighted by Gasteiger charge is 1.95. The van der Waals surface area contributed by atoms with E-state index in [2.05, 4.69) is 11.8 Å². The highest BCUT2D eigenvalue weighted by molar-refractivity contribution is 5.66. The van der Waals surface area contributed by atoms with Gasteiger partial charge in [0, 0.05) is 12.8 Å². The first-order valence-corrected chi connectivity index (χ1v) is 6.18. The third-order valence-corrected chi connectivity index (χ3v) is 2.25. The lowest BCUT2D eigenvalue weighted by Gasteiger charge is -1.97. The largest absolute Gasteiger partial charge is 0.481 e. The summed E-state index contributed by atoms with van der Waals surface area (Å²) < 4.78 is 0. The van der Waals surface area contributed by atoms with Gasteiger partial charge in [-0.05, 0) is 31.9 Å². The van der Waals surface area contributed by atoms with E-state index in [4.69, 9.17) is 10.2 Å². The lowest BCUT2D eigenvalue weighted by molar-refractivity contribution is -0.137. The molecule has 0 aromatic heterocycles. The fraction of sp³-hybridized carbons (Fsp3) is 0.643. The highest BCUT2D eigenvalue weighted by Crippen LogP contribution is 2.06. The van der Waals surface area contributed by atoms with E-state index in [1.807, 2.05) is 0 Å². The molecule has 0 bridgehead atoms. The topological polar surface area (TPSA) is 57.5 Å². The second kappa shape index (κ2) is 11.2. The maximum Gasteiger partial charge on any atom is 0.303 e. The summed E-state index contributed by atoms with van der Waals surface area (Å²) in [6, 6.07) is 0. The maximum atomic E-state index is 10.2. The number of unbranched alkanes of at least 4 members (excludes halogenated alkanes) is 5. The first-order valence-electron chi connectivity index (χ1n) is 6.18. The molecule has 0 fully saturated rings. The van der Waals surface area contributed by atoms with Crippen molar-refractivity contribution in [1.29, 1.82) is 0 Å². The molecule has 0 aliphatic heterocycles. The Kier molecular flexibility index (Phi) is 10.4. The second-order valence-corrected chi connectivity index (χ2v) is 4.08. The number of carboxylic acids is 1. The van der Waals surface area contributed by atoms with Crippen LogP contribution in [-0.2, 0) is 4.79 Å². The smallest absolute Gasteiger partial charge is 0.303 e. The number of allylic oxidation sites excluding steroid dienone is 1. The molecule has 0 aromatic rings. The van der Waals surface area contributed by atoms with E-state index in [0.717, 1.165) is 38.5 Å². The standard InChI is InChI=1S/C14H22O3/c1-13(15)11-9-7-5-3-2-4-6-8-10-12-14(16)17/h9,11,13,15H,2-4,6,8,10,12H2,1H3,(H,16,17)/b11-9+. The molecule has 17 heavy (non-hydrogen) atoms. The van der Waals surface area contributed by atoms with Crippen LogP contribution in [0.3, 0.4) is 0 Å². The molecular formula is C14H22O3.